The molecular formula is C14H18F3NO3S. The van der Waals surface area contributed by atoms with E-state index in [9.17, 15) is 21.6 Å². The van der Waals surface area contributed by atoms with Crippen molar-refractivity contribution < 1.29 is 25.8 Å². The first-order valence-corrected chi connectivity index (χ1v) is 8.29. The summed E-state index contributed by atoms with van der Waals surface area (Å²) in [7, 11) is -5.64. The molecule has 1 aliphatic rings. The maximum atomic E-state index is 12.4. The zero-order valence-corrected chi connectivity index (χ0v) is 13.1. The van der Waals surface area contributed by atoms with Crippen LogP contribution in [0.15, 0.2) is 24.3 Å². The van der Waals surface area contributed by atoms with E-state index in [4.69, 9.17) is 0 Å². The van der Waals surface area contributed by atoms with Gasteiger partial charge in [0.2, 0.25) is 0 Å². The van der Waals surface area contributed by atoms with Gasteiger partial charge in [-0.05, 0) is 48.5 Å². The maximum Gasteiger partial charge on any atom is 0.534 e. The fourth-order valence-corrected chi connectivity index (χ4v) is 3.10. The summed E-state index contributed by atoms with van der Waals surface area (Å²) < 4.78 is 63.6. The van der Waals surface area contributed by atoms with Gasteiger partial charge in [0, 0.05) is 0 Å². The normalized spacial score (nSPS) is 26.7. The highest BCUT2D eigenvalue weighted by molar-refractivity contribution is 7.88. The van der Waals surface area contributed by atoms with Crippen LogP contribution in [-0.2, 0) is 15.5 Å². The highest BCUT2D eigenvalue weighted by Gasteiger charge is 2.48. The van der Waals surface area contributed by atoms with E-state index in [1.807, 2.05) is 13.8 Å². The second-order valence-electron chi connectivity index (χ2n) is 5.78. The molecule has 0 radical (unpaired) electrons. The molecule has 0 spiro atoms. The molecule has 1 N–H and O–H groups in total. The minimum Gasteiger partial charge on any atom is -0.376 e. The third-order valence-corrected chi connectivity index (χ3v) is 5.32. The molecule has 0 saturated carbocycles. The summed E-state index contributed by atoms with van der Waals surface area (Å²) >= 11 is 0. The predicted molar refractivity (Wildman–Crippen MR) is 76.0 cm³/mol. The number of alkyl halides is 3. The van der Waals surface area contributed by atoms with Gasteiger partial charge in [0.05, 0.1) is 0 Å². The third-order valence-electron chi connectivity index (χ3n) is 4.34. The van der Waals surface area contributed by atoms with E-state index in [1.165, 1.54) is 18.2 Å². The Hall–Kier alpha value is -1.28. The van der Waals surface area contributed by atoms with Gasteiger partial charge in [-0.3, -0.25) is 0 Å². The van der Waals surface area contributed by atoms with E-state index in [-0.39, 0.29) is 17.1 Å². The third kappa shape index (κ3) is 3.22. The zero-order valence-electron chi connectivity index (χ0n) is 12.3. The summed E-state index contributed by atoms with van der Waals surface area (Å²) in [4.78, 5) is 0. The van der Waals surface area contributed by atoms with Gasteiger partial charge in [0.1, 0.15) is 5.75 Å². The van der Waals surface area contributed by atoms with Crippen LogP contribution in [0.5, 0.6) is 5.75 Å². The van der Waals surface area contributed by atoms with Crippen LogP contribution in [0, 0.1) is 5.92 Å². The van der Waals surface area contributed by atoms with Gasteiger partial charge in [-0.25, -0.2) is 0 Å². The fourth-order valence-electron chi connectivity index (χ4n) is 2.64. The Morgan fingerprint density at radius 2 is 2.05 bits per heavy atom. The summed E-state index contributed by atoms with van der Waals surface area (Å²) in [5.74, 6) is -0.0579. The van der Waals surface area contributed by atoms with Crippen LogP contribution in [-0.4, -0.2) is 27.0 Å². The van der Waals surface area contributed by atoms with Crippen molar-refractivity contribution in [2.75, 3.05) is 13.1 Å². The molecule has 22 heavy (non-hydrogen) atoms. The van der Waals surface area contributed by atoms with E-state index < -0.39 is 15.6 Å². The molecule has 1 aromatic rings. The highest BCUT2D eigenvalue weighted by atomic mass is 32.2. The van der Waals surface area contributed by atoms with Crippen molar-refractivity contribution in [1.29, 1.82) is 0 Å². The van der Waals surface area contributed by atoms with Gasteiger partial charge in [-0.2, -0.15) is 21.6 Å². The van der Waals surface area contributed by atoms with Gasteiger partial charge in [-0.1, -0.05) is 26.0 Å². The summed E-state index contributed by atoms with van der Waals surface area (Å²) in [5, 5.41) is 3.26. The zero-order chi connectivity index (χ0) is 16.6. The van der Waals surface area contributed by atoms with Crippen molar-refractivity contribution in [2.24, 2.45) is 5.92 Å². The second-order valence-corrected chi connectivity index (χ2v) is 7.32. The monoisotopic (exact) mass is 337 g/mol. The van der Waals surface area contributed by atoms with Crippen molar-refractivity contribution in [1.82, 2.24) is 5.32 Å². The molecule has 0 unspecified atom stereocenters. The molecule has 1 saturated heterocycles. The number of benzene rings is 1. The average molecular weight is 337 g/mol. The minimum atomic E-state index is -5.64. The molecule has 1 aliphatic heterocycles. The highest BCUT2D eigenvalue weighted by Crippen LogP contribution is 2.39. The van der Waals surface area contributed by atoms with E-state index in [1.54, 1.807) is 6.07 Å². The smallest absolute Gasteiger partial charge is 0.376 e. The lowest BCUT2D eigenvalue weighted by atomic mass is 9.68. The fraction of sp³-hybridized carbons (Fsp3) is 0.571. The van der Waals surface area contributed by atoms with E-state index >= 15 is 0 Å². The Balaban J connectivity index is 2.31. The summed E-state index contributed by atoms with van der Waals surface area (Å²) in [6.07, 6.45) is 0.809. The molecule has 1 fully saturated rings. The Morgan fingerprint density at radius 3 is 2.64 bits per heavy atom. The average Bonchev–Trinajstić information content (AvgIpc) is 2.41. The number of halogens is 3. The van der Waals surface area contributed by atoms with Gasteiger partial charge in [0.25, 0.3) is 0 Å². The quantitative estimate of drug-likeness (QED) is 0.681. The molecule has 2 rings (SSSR count). The molecule has 2 atom stereocenters. The van der Waals surface area contributed by atoms with E-state index in [0.717, 1.165) is 25.1 Å². The van der Waals surface area contributed by atoms with Crippen molar-refractivity contribution in [3.8, 4) is 5.75 Å². The number of hydrogen-bond donors (Lipinski definition) is 1. The molecule has 0 amide bonds. The molecule has 4 nitrogen and oxygen atoms in total. The molecule has 1 heterocycles. The van der Waals surface area contributed by atoms with Gasteiger partial charge in [-0.15, -0.1) is 0 Å². The SMILES string of the molecule is C[C@H]1CNCC[C@@]1(C)c1cccc(OS(=O)(=O)C(F)(F)F)c1. The standard InChI is InChI=1S/C14H18F3NO3S/c1-10-9-18-7-6-13(10,2)11-4-3-5-12(8-11)21-22(19,20)14(15,16)17/h3-5,8,10,18H,6-7,9H2,1-2H3/t10-,13+/m0/s1. The maximum absolute atomic E-state index is 12.4. The molecule has 0 aliphatic carbocycles. The number of piperidine rings is 1. The minimum absolute atomic E-state index is 0.243. The second kappa shape index (κ2) is 5.73. The molecule has 124 valence electrons. The van der Waals surface area contributed by atoms with Gasteiger partial charge in [0.15, 0.2) is 0 Å². The largest absolute Gasteiger partial charge is 0.534 e. The molecule has 1 aromatic carbocycles. The van der Waals surface area contributed by atoms with Gasteiger partial charge >= 0.3 is 15.6 Å². The Labute approximate surface area is 127 Å². The van der Waals surface area contributed by atoms with Crippen molar-refractivity contribution in [2.45, 2.75) is 31.2 Å². The Kier molecular flexibility index (Phi) is 4.45. The van der Waals surface area contributed by atoms with Crippen LogP contribution in [0.2, 0.25) is 0 Å². The van der Waals surface area contributed by atoms with Crippen LogP contribution in [0.3, 0.4) is 0 Å². The lowest BCUT2D eigenvalue weighted by Gasteiger charge is -2.40. The van der Waals surface area contributed by atoms with E-state index in [0.29, 0.717) is 0 Å². The first-order valence-electron chi connectivity index (χ1n) is 6.88. The first-order chi connectivity index (χ1) is 10.1. The van der Waals surface area contributed by atoms with Crippen molar-refractivity contribution in [3.05, 3.63) is 29.8 Å². The summed E-state index contributed by atoms with van der Waals surface area (Å²) in [5.41, 5.74) is -4.90. The predicted octanol–water partition coefficient (Wildman–Crippen LogP) is 2.80. The van der Waals surface area contributed by atoms with Crippen LogP contribution in [0.25, 0.3) is 0 Å². The van der Waals surface area contributed by atoms with Gasteiger partial charge < -0.3 is 9.50 Å². The van der Waals surface area contributed by atoms with Crippen molar-refractivity contribution in [3.63, 3.8) is 0 Å². The summed E-state index contributed by atoms with van der Waals surface area (Å²) in [6, 6.07) is 5.89. The molecular weight excluding hydrogens is 319 g/mol. The van der Waals surface area contributed by atoms with E-state index in [2.05, 4.69) is 9.50 Å². The Bertz CT molecular complexity index is 645. The lowest BCUT2D eigenvalue weighted by Crippen LogP contribution is -2.44. The first kappa shape index (κ1) is 17.1. The number of rotatable bonds is 3. The number of hydrogen-bond acceptors (Lipinski definition) is 4. The topological polar surface area (TPSA) is 55.4 Å². The van der Waals surface area contributed by atoms with Crippen LogP contribution in [0.4, 0.5) is 13.2 Å². The number of nitrogens with one attached hydrogen (secondary N) is 1. The molecule has 8 heteroatoms. The molecule has 0 bridgehead atoms. The summed E-state index contributed by atoms with van der Waals surface area (Å²) in [6.45, 7) is 5.66. The van der Waals surface area contributed by atoms with Crippen molar-refractivity contribution >= 4 is 10.1 Å². The lowest BCUT2D eigenvalue weighted by molar-refractivity contribution is -0.0500. The Morgan fingerprint density at radius 1 is 1.36 bits per heavy atom. The molecule has 0 aromatic heterocycles. The van der Waals surface area contributed by atoms with Crippen LogP contribution < -0.4 is 9.50 Å². The van der Waals surface area contributed by atoms with Crippen LogP contribution in [0.1, 0.15) is 25.8 Å². The van der Waals surface area contributed by atoms with Crippen LogP contribution >= 0.6 is 0 Å².